The minimum atomic E-state index is -0.593. The summed E-state index contributed by atoms with van der Waals surface area (Å²) in [6, 6.07) is 8.29. The van der Waals surface area contributed by atoms with Gasteiger partial charge < -0.3 is 19.3 Å². The molecule has 2 aliphatic heterocycles. The zero-order valence-corrected chi connectivity index (χ0v) is 21.4. The number of nitrogens with one attached hydrogen (secondary N) is 2. The molecule has 0 saturated heterocycles. The van der Waals surface area contributed by atoms with Crippen LogP contribution in [0.4, 0.5) is 4.39 Å². The Bertz CT molecular complexity index is 1920. The highest BCUT2D eigenvalue weighted by atomic mass is 35.5. The maximum absolute atomic E-state index is 15.5. The lowest BCUT2D eigenvalue weighted by atomic mass is 9.88. The number of H-pyrrole nitrogens is 1. The normalized spacial score (nSPS) is 18.8. The molecule has 4 aromatic heterocycles. The minimum absolute atomic E-state index is 0.0272. The molecule has 1 aromatic carbocycles. The van der Waals surface area contributed by atoms with E-state index in [4.69, 9.17) is 11.6 Å². The van der Waals surface area contributed by atoms with E-state index < -0.39 is 5.82 Å². The number of fused-ring (bicyclic) bond motifs is 6. The van der Waals surface area contributed by atoms with Crippen molar-refractivity contribution in [3.05, 3.63) is 99.0 Å². The largest absolute Gasteiger partial charge is 0.346 e. The van der Waals surface area contributed by atoms with Gasteiger partial charge in [-0.3, -0.25) is 9.59 Å². The number of halogens is 2. The molecule has 2 N–H and O–H groups in total. The van der Waals surface area contributed by atoms with Crippen LogP contribution in [-0.2, 0) is 12.8 Å². The van der Waals surface area contributed by atoms with Crippen molar-refractivity contribution in [2.45, 2.75) is 43.7 Å². The predicted octanol–water partition coefficient (Wildman–Crippen LogP) is 4.70. The van der Waals surface area contributed by atoms with Crippen molar-refractivity contribution in [1.82, 2.24) is 29.2 Å². The van der Waals surface area contributed by atoms with E-state index in [9.17, 15) is 9.59 Å². The second-order valence-electron chi connectivity index (χ2n) is 10.7. The van der Waals surface area contributed by atoms with Crippen molar-refractivity contribution >= 4 is 23.2 Å². The Hall–Kier alpha value is -4.24. The minimum Gasteiger partial charge on any atom is -0.346 e. The van der Waals surface area contributed by atoms with Gasteiger partial charge in [0.25, 0.3) is 11.5 Å². The van der Waals surface area contributed by atoms with Crippen molar-refractivity contribution in [3.63, 3.8) is 0 Å². The first kappa shape index (κ1) is 22.7. The van der Waals surface area contributed by atoms with E-state index in [1.807, 2.05) is 28.9 Å². The monoisotopic (exact) mass is 540 g/mol. The maximum atomic E-state index is 15.5. The third-order valence-corrected chi connectivity index (χ3v) is 8.67. The van der Waals surface area contributed by atoms with Crippen LogP contribution < -0.4 is 10.9 Å². The highest BCUT2D eigenvalue weighted by molar-refractivity contribution is 6.31. The molecule has 5 aromatic rings. The lowest BCUT2D eigenvalue weighted by molar-refractivity contribution is 0.0929. The summed E-state index contributed by atoms with van der Waals surface area (Å²) < 4.78 is 19.1. The smallest absolute Gasteiger partial charge is 0.254 e. The fourth-order valence-corrected chi connectivity index (χ4v) is 6.46. The van der Waals surface area contributed by atoms with Gasteiger partial charge in [0.2, 0.25) is 0 Å². The van der Waals surface area contributed by atoms with Crippen LogP contribution in [-0.4, -0.2) is 35.4 Å². The summed E-state index contributed by atoms with van der Waals surface area (Å²) in [5.74, 6) is -0.233. The second kappa shape index (κ2) is 7.89. The summed E-state index contributed by atoms with van der Waals surface area (Å²) in [6.45, 7) is 0. The van der Waals surface area contributed by atoms with Crippen LogP contribution in [0.1, 0.15) is 52.7 Å². The summed E-state index contributed by atoms with van der Waals surface area (Å²) in [5, 5.41) is 3.17. The summed E-state index contributed by atoms with van der Waals surface area (Å²) in [6.07, 6.45) is 10.5. The van der Waals surface area contributed by atoms with Crippen LogP contribution in [0.15, 0.2) is 59.9 Å². The predicted molar refractivity (Wildman–Crippen MR) is 143 cm³/mol. The number of hydrogen-bond acceptors (Lipinski definition) is 4. The zero-order valence-electron chi connectivity index (χ0n) is 20.7. The average molecular weight is 541 g/mol. The van der Waals surface area contributed by atoms with Crippen LogP contribution in [0.2, 0.25) is 5.02 Å². The van der Waals surface area contributed by atoms with Gasteiger partial charge in [0.05, 0.1) is 28.5 Å². The van der Waals surface area contributed by atoms with Crippen molar-refractivity contribution < 1.29 is 9.18 Å². The third kappa shape index (κ3) is 3.35. The molecule has 10 heteroatoms. The molecule has 8 nitrogen and oxygen atoms in total. The second-order valence-corrected chi connectivity index (χ2v) is 11.1. The van der Waals surface area contributed by atoms with E-state index in [0.29, 0.717) is 41.9 Å². The van der Waals surface area contributed by atoms with E-state index in [0.717, 1.165) is 35.3 Å². The molecular weight excluding hydrogens is 519 g/mol. The highest BCUT2D eigenvalue weighted by Gasteiger charge is 2.47. The summed E-state index contributed by atoms with van der Waals surface area (Å²) in [4.78, 5) is 39.7. The molecule has 1 spiro atoms. The van der Waals surface area contributed by atoms with Crippen molar-refractivity contribution in [2.75, 3.05) is 0 Å². The molecule has 194 valence electrons. The van der Waals surface area contributed by atoms with Gasteiger partial charge in [-0.2, -0.15) is 0 Å². The SMILES string of the molecule is O=C1NC2(CC2)Cc2ccc(Cl)c(F)c2-c2cc(=O)n3c(c21)CC[C@H]3c1ncc(-c2ccn3ccnc3c2)[nH]1. The topological polar surface area (TPSA) is 97.1 Å². The van der Waals surface area contributed by atoms with Crippen LogP contribution in [0.5, 0.6) is 0 Å². The number of pyridine rings is 2. The standard InChI is InChI=1S/C29H22ClFN6O2/c30-18-2-1-16-13-29(6-7-29)35-28(39)25-17(24(16)26(18)31)12-23(38)37-20(25)3-4-21(37)27-33-14-19(34-27)15-5-9-36-10-8-32-22(36)11-15/h1-2,5,8-12,14,21H,3-4,6-7,13H2,(H,33,34)(H,35,39)/t21-/m0/s1. The Labute approximate surface area is 226 Å². The fraction of sp³-hybridized carbons (Fsp3) is 0.241. The molecule has 1 amide bonds. The first-order chi connectivity index (χ1) is 18.9. The summed E-state index contributed by atoms with van der Waals surface area (Å²) in [5.41, 5.74) is 4.12. The van der Waals surface area contributed by atoms with E-state index in [-0.39, 0.29) is 33.6 Å². The quantitative estimate of drug-likeness (QED) is 0.339. The van der Waals surface area contributed by atoms with Crippen LogP contribution in [0.25, 0.3) is 28.0 Å². The molecular formula is C29H22ClFN6O2. The number of nitrogens with zero attached hydrogens (tertiary/aromatic N) is 4. The van der Waals surface area contributed by atoms with Crippen LogP contribution in [0, 0.1) is 5.82 Å². The molecule has 6 heterocycles. The van der Waals surface area contributed by atoms with E-state index in [2.05, 4.69) is 20.3 Å². The number of rotatable bonds is 2. The molecule has 1 aliphatic carbocycles. The van der Waals surface area contributed by atoms with Gasteiger partial charge in [0.15, 0.2) is 0 Å². The number of benzene rings is 1. The van der Waals surface area contributed by atoms with Gasteiger partial charge in [-0.25, -0.2) is 14.4 Å². The molecule has 0 unspecified atom stereocenters. The lowest BCUT2D eigenvalue weighted by Gasteiger charge is -2.27. The molecule has 3 aliphatic rings. The van der Waals surface area contributed by atoms with Crippen molar-refractivity contribution in [2.24, 2.45) is 0 Å². The van der Waals surface area contributed by atoms with E-state index in [1.54, 1.807) is 29.1 Å². The first-order valence-electron chi connectivity index (χ1n) is 13.0. The molecule has 0 bridgehead atoms. The number of carbonyl (C=O) groups excluding carboxylic acids is 1. The zero-order chi connectivity index (χ0) is 26.5. The van der Waals surface area contributed by atoms with Gasteiger partial charge in [-0.05, 0) is 55.9 Å². The number of aromatic amines is 1. The number of hydrogen-bond donors (Lipinski definition) is 2. The average Bonchev–Trinajstić information content (AvgIpc) is 3.31. The van der Waals surface area contributed by atoms with E-state index >= 15 is 4.39 Å². The number of carbonyl (C=O) groups is 1. The molecule has 1 atom stereocenters. The molecule has 1 fully saturated rings. The number of imidazole rings is 2. The lowest BCUT2D eigenvalue weighted by Crippen LogP contribution is -2.41. The van der Waals surface area contributed by atoms with Crippen LogP contribution in [0.3, 0.4) is 0 Å². The van der Waals surface area contributed by atoms with Crippen LogP contribution >= 0.6 is 11.6 Å². The first-order valence-corrected chi connectivity index (χ1v) is 13.3. The Morgan fingerprint density at radius 3 is 2.79 bits per heavy atom. The van der Waals surface area contributed by atoms with Gasteiger partial charge in [0.1, 0.15) is 17.3 Å². The number of amides is 1. The Kier molecular flexibility index (Phi) is 4.60. The maximum Gasteiger partial charge on any atom is 0.254 e. The Morgan fingerprint density at radius 1 is 1.08 bits per heavy atom. The van der Waals surface area contributed by atoms with Gasteiger partial charge >= 0.3 is 0 Å². The van der Waals surface area contributed by atoms with Gasteiger partial charge in [0, 0.05) is 52.6 Å². The molecule has 8 rings (SSSR count). The molecule has 0 radical (unpaired) electrons. The highest BCUT2D eigenvalue weighted by Crippen LogP contribution is 2.46. The van der Waals surface area contributed by atoms with Crippen molar-refractivity contribution in [3.8, 4) is 22.4 Å². The van der Waals surface area contributed by atoms with Gasteiger partial charge in [-0.15, -0.1) is 0 Å². The van der Waals surface area contributed by atoms with Gasteiger partial charge in [-0.1, -0.05) is 17.7 Å². The summed E-state index contributed by atoms with van der Waals surface area (Å²) in [7, 11) is 0. The Balaban J connectivity index is 1.27. The molecule has 39 heavy (non-hydrogen) atoms. The Morgan fingerprint density at radius 2 is 1.95 bits per heavy atom. The number of aromatic nitrogens is 5. The summed E-state index contributed by atoms with van der Waals surface area (Å²) >= 11 is 6.19. The van der Waals surface area contributed by atoms with E-state index in [1.165, 1.54) is 6.07 Å². The molecule has 1 saturated carbocycles. The fourth-order valence-electron chi connectivity index (χ4n) is 6.30. The third-order valence-electron chi connectivity index (χ3n) is 8.38. The van der Waals surface area contributed by atoms with Crippen molar-refractivity contribution in [1.29, 1.82) is 0 Å².